The summed E-state index contributed by atoms with van der Waals surface area (Å²) in [5.41, 5.74) is 4.20. The topological polar surface area (TPSA) is 55.1 Å². The molecule has 0 bridgehead atoms. The molecule has 0 spiro atoms. The molecule has 1 aliphatic heterocycles. The van der Waals surface area contributed by atoms with Gasteiger partial charge >= 0.3 is 0 Å². The molecular formula is C17H15FN2O2. The van der Waals surface area contributed by atoms with E-state index in [-0.39, 0.29) is 17.5 Å². The Kier molecular flexibility index (Phi) is 2.89. The summed E-state index contributed by atoms with van der Waals surface area (Å²) in [6.07, 6.45) is 2.21. The number of rotatable bonds is 1. The van der Waals surface area contributed by atoms with Crippen molar-refractivity contribution < 1.29 is 13.7 Å². The van der Waals surface area contributed by atoms with Gasteiger partial charge in [-0.05, 0) is 37.5 Å². The molecule has 0 saturated carbocycles. The Morgan fingerprint density at radius 2 is 2.05 bits per heavy atom. The number of fused-ring (bicyclic) bond motifs is 1. The summed E-state index contributed by atoms with van der Waals surface area (Å²) < 4.78 is 18.6. The molecule has 112 valence electrons. The van der Waals surface area contributed by atoms with Crippen LogP contribution in [0.4, 0.5) is 10.3 Å². The minimum atomic E-state index is -0.288. The summed E-state index contributed by atoms with van der Waals surface area (Å²) in [5, 5.41) is 7.24. The van der Waals surface area contributed by atoms with Gasteiger partial charge in [-0.1, -0.05) is 17.3 Å². The van der Waals surface area contributed by atoms with Gasteiger partial charge in [0.1, 0.15) is 5.82 Å². The number of nitrogens with zero attached hydrogens (tertiary/aromatic N) is 1. The Morgan fingerprint density at radius 3 is 2.82 bits per heavy atom. The van der Waals surface area contributed by atoms with Crippen LogP contribution in [0, 0.1) is 12.7 Å². The van der Waals surface area contributed by atoms with Crippen LogP contribution in [-0.4, -0.2) is 10.9 Å². The van der Waals surface area contributed by atoms with E-state index in [9.17, 15) is 9.18 Å². The Labute approximate surface area is 127 Å². The van der Waals surface area contributed by atoms with Crippen molar-refractivity contribution in [1.29, 1.82) is 0 Å². The van der Waals surface area contributed by atoms with Crippen molar-refractivity contribution in [1.82, 2.24) is 5.16 Å². The molecule has 4 nitrogen and oxygen atoms in total. The molecule has 1 aliphatic carbocycles. The number of aromatic nitrogens is 1. The van der Waals surface area contributed by atoms with Gasteiger partial charge in [0.15, 0.2) is 5.78 Å². The van der Waals surface area contributed by atoms with Crippen molar-refractivity contribution in [2.24, 2.45) is 0 Å². The lowest BCUT2D eigenvalue weighted by Crippen LogP contribution is -2.26. The van der Waals surface area contributed by atoms with Crippen molar-refractivity contribution in [2.75, 3.05) is 5.32 Å². The first-order valence-corrected chi connectivity index (χ1v) is 7.40. The number of ketones is 1. The second-order valence-corrected chi connectivity index (χ2v) is 5.79. The maximum Gasteiger partial charge on any atom is 0.233 e. The van der Waals surface area contributed by atoms with E-state index >= 15 is 0 Å². The third kappa shape index (κ3) is 1.89. The van der Waals surface area contributed by atoms with E-state index in [1.807, 2.05) is 6.92 Å². The third-order valence-corrected chi connectivity index (χ3v) is 4.41. The van der Waals surface area contributed by atoms with Gasteiger partial charge in [0.2, 0.25) is 5.88 Å². The van der Waals surface area contributed by atoms with Crippen LogP contribution in [0.3, 0.4) is 0 Å². The van der Waals surface area contributed by atoms with E-state index in [2.05, 4.69) is 10.5 Å². The van der Waals surface area contributed by atoms with E-state index < -0.39 is 0 Å². The first-order chi connectivity index (χ1) is 10.6. The number of anilines is 1. The molecule has 1 aromatic heterocycles. The number of nitrogens with one attached hydrogen (secondary N) is 1. The molecule has 2 heterocycles. The zero-order chi connectivity index (χ0) is 15.3. The highest BCUT2D eigenvalue weighted by Gasteiger charge is 2.38. The van der Waals surface area contributed by atoms with Crippen molar-refractivity contribution in [2.45, 2.75) is 32.1 Å². The number of Topliss-reactive ketones (excluding diaryl/α,β-unsaturated/α-hetero) is 1. The number of hydrogen-bond donors (Lipinski definition) is 1. The van der Waals surface area contributed by atoms with Gasteiger partial charge in [-0.3, -0.25) is 4.79 Å². The molecule has 0 unspecified atom stereocenters. The average molecular weight is 298 g/mol. The summed E-state index contributed by atoms with van der Waals surface area (Å²) in [6.45, 7) is 1.86. The van der Waals surface area contributed by atoms with Crippen molar-refractivity contribution in [3.05, 3.63) is 58.2 Å². The molecule has 22 heavy (non-hydrogen) atoms. The first kappa shape index (κ1) is 13.2. The highest BCUT2D eigenvalue weighted by atomic mass is 19.1. The Hall–Kier alpha value is -2.43. The minimum Gasteiger partial charge on any atom is -0.338 e. The Morgan fingerprint density at radius 1 is 1.27 bits per heavy atom. The average Bonchev–Trinajstić information content (AvgIpc) is 2.88. The van der Waals surface area contributed by atoms with Crippen LogP contribution < -0.4 is 5.32 Å². The second-order valence-electron chi connectivity index (χ2n) is 5.79. The molecule has 0 amide bonds. The zero-order valence-corrected chi connectivity index (χ0v) is 12.1. The normalized spacial score (nSPS) is 20.5. The van der Waals surface area contributed by atoms with Crippen LogP contribution in [0.2, 0.25) is 0 Å². The van der Waals surface area contributed by atoms with Crippen molar-refractivity contribution >= 4 is 11.7 Å². The quantitative estimate of drug-likeness (QED) is 0.872. The van der Waals surface area contributed by atoms with Crippen LogP contribution in [0.5, 0.6) is 0 Å². The SMILES string of the molecule is Cc1noc2c1[C@@H](c1ccc(F)cc1)C1=C(CCCC1=O)N2. The van der Waals surface area contributed by atoms with Gasteiger partial charge < -0.3 is 9.84 Å². The molecule has 2 aromatic rings. The fraction of sp³-hybridized carbons (Fsp3) is 0.294. The number of carbonyl (C=O) groups excluding carboxylic acids is 1. The molecule has 0 radical (unpaired) electrons. The maximum absolute atomic E-state index is 13.3. The Bertz CT molecular complexity index is 789. The standard InChI is InChI=1S/C17H15FN2O2/c1-9-14-15(10-5-7-11(18)8-6-10)16-12(3-2-4-13(16)21)19-17(14)22-20-9/h5-8,15,19H,2-4H2,1H3/t15-/m1/s1. The summed E-state index contributed by atoms with van der Waals surface area (Å²) in [7, 11) is 0. The number of allylic oxidation sites excluding steroid dienone is 2. The highest BCUT2D eigenvalue weighted by Crippen LogP contribution is 2.46. The van der Waals surface area contributed by atoms with Crippen LogP contribution in [0.15, 0.2) is 40.1 Å². The van der Waals surface area contributed by atoms with Gasteiger partial charge in [-0.2, -0.15) is 0 Å². The van der Waals surface area contributed by atoms with Crippen molar-refractivity contribution in [3.8, 4) is 0 Å². The van der Waals surface area contributed by atoms with Gasteiger partial charge in [0.05, 0.1) is 11.3 Å². The summed E-state index contributed by atoms with van der Waals surface area (Å²) in [6, 6.07) is 6.31. The van der Waals surface area contributed by atoms with Gasteiger partial charge in [0.25, 0.3) is 0 Å². The predicted molar refractivity (Wildman–Crippen MR) is 79.0 cm³/mol. The number of carbonyl (C=O) groups is 1. The first-order valence-electron chi connectivity index (χ1n) is 7.40. The molecule has 4 rings (SSSR count). The molecule has 2 aliphatic rings. The van der Waals surface area contributed by atoms with Gasteiger partial charge in [-0.15, -0.1) is 0 Å². The fourth-order valence-electron chi connectivity index (χ4n) is 3.41. The largest absolute Gasteiger partial charge is 0.338 e. The zero-order valence-electron chi connectivity index (χ0n) is 12.1. The molecule has 0 fully saturated rings. The van der Waals surface area contributed by atoms with Crippen molar-refractivity contribution in [3.63, 3.8) is 0 Å². The summed E-state index contributed by atoms with van der Waals surface area (Å²) >= 11 is 0. The molecule has 1 atom stereocenters. The number of benzene rings is 1. The predicted octanol–water partition coefficient (Wildman–Crippen LogP) is 3.69. The van der Waals surface area contributed by atoms with Crippen LogP contribution in [0.1, 0.15) is 42.0 Å². The molecule has 5 heteroatoms. The summed E-state index contributed by atoms with van der Waals surface area (Å²) in [5.74, 6) is 0.227. The lowest BCUT2D eigenvalue weighted by molar-refractivity contribution is -0.116. The third-order valence-electron chi connectivity index (χ3n) is 4.41. The Balaban J connectivity index is 1.94. The molecule has 1 aromatic carbocycles. The molecule has 1 N–H and O–H groups in total. The fourth-order valence-corrected chi connectivity index (χ4v) is 3.41. The van der Waals surface area contributed by atoms with E-state index in [4.69, 9.17) is 4.52 Å². The van der Waals surface area contributed by atoms with E-state index in [0.717, 1.165) is 40.9 Å². The lowest BCUT2D eigenvalue weighted by Gasteiger charge is -2.31. The number of aryl methyl sites for hydroxylation is 1. The maximum atomic E-state index is 13.3. The van der Waals surface area contributed by atoms with Crippen LogP contribution in [0.25, 0.3) is 0 Å². The van der Waals surface area contributed by atoms with Crippen LogP contribution in [-0.2, 0) is 4.79 Å². The van der Waals surface area contributed by atoms with Crippen LogP contribution >= 0.6 is 0 Å². The van der Waals surface area contributed by atoms with E-state index in [1.165, 1.54) is 12.1 Å². The summed E-state index contributed by atoms with van der Waals surface area (Å²) in [4.78, 5) is 12.5. The van der Waals surface area contributed by atoms with E-state index in [1.54, 1.807) is 12.1 Å². The number of hydrogen-bond acceptors (Lipinski definition) is 4. The number of halogens is 1. The van der Waals surface area contributed by atoms with Gasteiger partial charge in [0, 0.05) is 23.6 Å². The molecular weight excluding hydrogens is 283 g/mol. The molecule has 0 saturated heterocycles. The second kappa shape index (κ2) is 4.80. The van der Waals surface area contributed by atoms with Gasteiger partial charge in [-0.25, -0.2) is 4.39 Å². The lowest BCUT2D eigenvalue weighted by atomic mass is 9.76. The monoisotopic (exact) mass is 298 g/mol. The minimum absolute atomic E-state index is 0.148. The van der Waals surface area contributed by atoms with E-state index in [0.29, 0.717) is 12.3 Å². The highest BCUT2D eigenvalue weighted by molar-refractivity contribution is 6.00. The smallest absolute Gasteiger partial charge is 0.233 e.